The molecule has 0 aromatic heterocycles. The highest BCUT2D eigenvalue weighted by Gasteiger charge is 2.07. The lowest BCUT2D eigenvalue weighted by Gasteiger charge is -2.17. The lowest BCUT2D eigenvalue weighted by molar-refractivity contribution is 0.475. The molecule has 18 heavy (non-hydrogen) atoms. The van der Waals surface area contributed by atoms with E-state index in [1.807, 2.05) is 37.3 Å². The fourth-order valence-electron chi connectivity index (χ4n) is 1.90. The minimum atomic E-state index is 0.159. The summed E-state index contributed by atoms with van der Waals surface area (Å²) in [6.07, 6.45) is 0. The van der Waals surface area contributed by atoms with Gasteiger partial charge in [0.1, 0.15) is 5.75 Å². The molecule has 0 radical (unpaired) electrons. The normalized spacial score (nSPS) is 12.2. The van der Waals surface area contributed by atoms with Gasteiger partial charge in [0.05, 0.1) is 0 Å². The highest BCUT2D eigenvalue weighted by Crippen LogP contribution is 2.25. The van der Waals surface area contributed by atoms with Crippen LogP contribution in [0.4, 0.5) is 5.69 Å². The highest BCUT2D eigenvalue weighted by molar-refractivity contribution is 6.30. The van der Waals surface area contributed by atoms with Crippen molar-refractivity contribution in [1.82, 2.24) is 0 Å². The van der Waals surface area contributed by atoms with Crippen molar-refractivity contribution in [3.8, 4) is 5.75 Å². The lowest BCUT2D eigenvalue weighted by atomic mass is 10.1. The first-order valence-electron chi connectivity index (χ1n) is 5.88. The number of aromatic hydroxyl groups is 1. The van der Waals surface area contributed by atoms with Gasteiger partial charge in [-0.3, -0.25) is 0 Å². The molecule has 1 unspecified atom stereocenters. The third-order valence-electron chi connectivity index (χ3n) is 2.93. The molecule has 3 heteroatoms. The maximum Gasteiger partial charge on any atom is 0.115 e. The Morgan fingerprint density at radius 1 is 1.17 bits per heavy atom. The lowest BCUT2D eigenvalue weighted by Crippen LogP contribution is -2.07. The van der Waals surface area contributed by atoms with Crippen LogP contribution in [0.25, 0.3) is 0 Å². The zero-order valence-electron chi connectivity index (χ0n) is 10.4. The van der Waals surface area contributed by atoms with Crippen LogP contribution in [0, 0.1) is 6.92 Å². The van der Waals surface area contributed by atoms with Crippen LogP contribution < -0.4 is 5.32 Å². The number of nitrogens with one attached hydrogen (secondary N) is 1. The molecular formula is C15H16ClNO. The Hall–Kier alpha value is -1.67. The minimum absolute atomic E-state index is 0.159. The van der Waals surface area contributed by atoms with Crippen molar-refractivity contribution in [3.63, 3.8) is 0 Å². The molecule has 0 saturated carbocycles. The summed E-state index contributed by atoms with van der Waals surface area (Å²) in [5.74, 6) is 0.286. The Kier molecular flexibility index (Phi) is 3.78. The molecule has 1 atom stereocenters. The van der Waals surface area contributed by atoms with E-state index in [4.69, 9.17) is 11.6 Å². The predicted octanol–water partition coefficient (Wildman–Crippen LogP) is 4.53. The molecule has 0 aliphatic rings. The third kappa shape index (κ3) is 2.96. The van der Waals surface area contributed by atoms with Crippen molar-refractivity contribution in [2.24, 2.45) is 0 Å². The number of halogens is 1. The maximum atomic E-state index is 9.38. The summed E-state index contributed by atoms with van der Waals surface area (Å²) in [6, 6.07) is 13.3. The van der Waals surface area contributed by atoms with E-state index in [1.54, 1.807) is 12.1 Å². The topological polar surface area (TPSA) is 32.3 Å². The Morgan fingerprint density at radius 2 is 1.94 bits per heavy atom. The maximum absolute atomic E-state index is 9.38. The third-order valence-corrected chi connectivity index (χ3v) is 3.17. The van der Waals surface area contributed by atoms with E-state index in [2.05, 4.69) is 12.2 Å². The fraction of sp³-hybridized carbons (Fsp3) is 0.200. The standard InChI is InChI=1S/C15H16ClNO/c1-10-8-14(18)6-7-15(10)17-11(2)12-4-3-5-13(16)9-12/h3-9,11,17-18H,1-2H3. The molecule has 0 aliphatic heterocycles. The van der Waals surface area contributed by atoms with Gasteiger partial charge >= 0.3 is 0 Å². The summed E-state index contributed by atoms with van der Waals surface area (Å²) in [5, 5.41) is 13.5. The molecule has 2 N–H and O–H groups in total. The Labute approximate surface area is 112 Å². The van der Waals surface area contributed by atoms with Crippen LogP contribution in [0.2, 0.25) is 5.02 Å². The van der Waals surface area contributed by atoms with Gasteiger partial charge in [-0.05, 0) is 55.3 Å². The van der Waals surface area contributed by atoms with Gasteiger partial charge in [-0.25, -0.2) is 0 Å². The van der Waals surface area contributed by atoms with Crippen molar-refractivity contribution >= 4 is 17.3 Å². The van der Waals surface area contributed by atoms with E-state index < -0.39 is 0 Å². The largest absolute Gasteiger partial charge is 0.508 e. The molecular weight excluding hydrogens is 246 g/mol. The van der Waals surface area contributed by atoms with Gasteiger partial charge < -0.3 is 10.4 Å². The minimum Gasteiger partial charge on any atom is -0.508 e. The molecule has 0 fully saturated rings. The molecule has 0 saturated heterocycles. The summed E-state index contributed by atoms with van der Waals surface area (Å²) in [5.41, 5.74) is 3.17. The van der Waals surface area contributed by atoms with E-state index in [-0.39, 0.29) is 11.8 Å². The quantitative estimate of drug-likeness (QED) is 0.796. The number of hydrogen-bond donors (Lipinski definition) is 2. The molecule has 0 spiro atoms. The number of phenolic OH excluding ortho intramolecular Hbond substituents is 1. The van der Waals surface area contributed by atoms with E-state index in [9.17, 15) is 5.11 Å². The highest BCUT2D eigenvalue weighted by atomic mass is 35.5. The summed E-state index contributed by atoms with van der Waals surface area (Å²) in [6.45, 7) is 4.05. The number of anilines is 1. The molecule has 2 nitrogen and oxygen atoms in total. The molecule has 2 rings (SSSR count). The monoisotopic (exact) mass is 261 g/mol. The Balaban J connectivity index is 2.18. The zero-order chi connectivity index (χ0) is 13.1. The summed E-state index contributed by atoms with van der Waals surface area (Å²) < 4.78 is 0. The van der Waals surface area contributed by atoms with Crippen LogP contribution >= 0.6 is 11.6 Å². The molecule has 94 valence electrons. The SMILES string of the molecule is Cc1cc(O)ccc1NC(C)c1cccc(Cl)c1. The number of aryl methyl sites for hydroxylation is 1. The van der Waals surface area contributed by atoms with Gasteiger partial charge in [-0.1, -0.05) is 23.7 Å². The second kappa shape index (κ2) is 5.32. The molecule has 0 aliphatic carbocycles. The van der Waals surface area contributed by atoms with Crippen LogP contribution in [0.5, 0.6) is 5.75 Å². The van der Waals surface area contributed by atoms with Crippen LogP contribution in [0.3, 0.4) is 0 Å². The number of rotatable bonds is 3. The fourth-order valence-corrected chi connectivity index (χ4v) is 2.10. The number of benzene rings is 2. The van der Waals surface area contributed by atoms with E-state index in [0.29, 0.717) is 0 Å². The first-order chi connectivity index (χ1) is 8.56. The van der Waals surface area contributed by atoms with Gasteiger partial charge in [0.15, 0.2) is 0 Å². The smallest absolute Gasteiger partial charge is 0.115 e. The Bertz CT molecular complexity index is 554. The molecule has 0 amide bonds. The molecule has 2 aromatic rings. The average Bonchev–Trinajstić information content (AvgIpc) is 2.32. The van der Waals surface area contributed by atoms with E-state index in [0.717, 1.165) is 21.8 Å². The van der Waals surface area contributed by atoms with Gasteiger partial charge in [0.2, 0.25) is 0 Å². The molecule has 0 bridgehead atoms. The van der Waals surface area contributed by atoms with Crippen molar-refractivity contribution in [2.75, 3.05) is 5.32 Å². The first kappa shape index (κ1) is 12.8. The van der Waals surface area contributed by atoms with Gasteiger partial charge in [0, 0.05) is 16.8 Å². The van der Waals surface area contributed by atoms with Gasteiger partial charge in [-0.2, -0.15) is 0 Å². The van der Waals surface area contributed by atoms with Crippen LogP contribution in [0.1, 0.15) is 24.1 Å². The average molecular weight is 262 g/mol. The predicted molar refractivity (Wildman–Crippen MR) is 76.3 cm³/mol. The van der Waals surface area contributed by atoms with Crippen LogP contribution in [-0.4, -0.2) is 5.11 Å². The zero-order valence-corrected chi connectivity index (χ0v) is 11.2. The molecule has 0 heterocycles. The summed E-state index contributed by atoms with van der Waals surface area (Å²) >= 11 is 5.98. The number of hydrogen-bond acceptors (Lipinski definition) is 2. The Morgan fingerprint density at radius 3 is 2.61 bits per heavy atom. The van der Waals surface area contributed by atoms with Crippen LogP contribution in [-0.2, 0) is 0 Å². The van der Waals surface area contributed by atoms with Crippen molar-refractivity contribution in [2.45, 2.75) is 19.9 Å². The molecule has 2 aromatic carbocycles. The van der Waals surface area contributed by atoms with Crippen molar-refractivity contribution < 1.29 is 5.11 Å². The van der Waals surface area contributed by atoms with Crippen LogP contribution in [0.15, 0.2) is 42.5 Å². The first-order valence-corrected chi connectivity index (χ1v) is 6.25. The number of phenols is 1. The second-order valence-electron chi connectivity index (χ2n) is 4.42. The summed E-state index contributed by atoms with van der Waals surface area (Å²) in [4.78, 5) is 0. The second-order valence-corrected chi connectivity index (χ2v) is 4.86. The van der Waals surface area contributed by atoms with Crippen molar-refractivity contribution in [1.29, 1.82) is 0 Å². The van der Waals surface area contributed by atoms with E-state index in [1.165, 1.54) is 0 Å². The van der Waals surface area contributed by atoms with E-state index >= 15 is 0 Å². The van der Waals surface area contributed by atoms with Crippen molar-refractivity contribution in [3.05, 3.63) is 58.6 Å². The van der Waals surface area contributed by atoms with Gasteiger partial charge in [-0.15, -0.1) is 0 Å². The van der Waals surface area contributed by atoms with Gasteiger partial charge in [0.25, 0.3) is 0 Å². The summed E-state index contributed by atoms with van der Waals surface area (Å²) in [7, 11) is 0.